The number of methoxy groups -OCH3 is 1. The molecule has 4 nitrogen and oxygen atoms in total. The van der Waals surface area contributed by atoms with Crippen LogP contribution in [0.3, 0.4) is 0 Å². The molecule has 0 aliphatic heterocycles. The Balaban J connectivity index is 1.80. The van der Waals surface area contributed by atoms with Crippen LogP contribution >= 0.6 is 0 Å². The Labute approximate surface area is 111 Å². The Morgan fingerprint density at radius 3 is 2.28 bits per heavy atom. The molecule has 1 rings (SSSR count). The quantitative estimate of drug-likeness (QED) is 0.576. The third-order valence-corrected chi connectivity index (χ3v) is 3.64. The van der Waals surface area contributed by atoms with Crippen molar-refractivity contribution in [2.45, 2.75) is 44.6 Å². The minimum absolute atomic E-state index is 0.383. The first kappa shape index (κ1) is 15.9. The average Bonchev–Trinajstić information content (AvgIpc) is 2.90. The summed E-state index contributed by atoms with van der Waals surface area (Å²) < 4.78 is 15.7. The smallest absolute Gasteiger partial charge is 0.0701 e. The van der Waals surface area contributed by atoms with E-state index < -0.39 is 0 Å². The van der Waals surface area contributed by atoms with E-state index in [-0.39, 0.29) is 0 Å². The van der Waals surface area contributed by atoms with Crippen molar-refractivity contribution in [2.75, 3.05) is 40.1 Å². The largest absolute Gasteiger partial charge is 0.382 e. The molecule has 2 N–H and O–H groups in total. The van der Waals surface area contributed by atoms with E-state index in [1.807, 2.05) is 0 Å². The van der Waals surface area contributed by atoms with Crippen molar-refractivity contribution in [3.8, 4) is 0 Å². The van der Waals surface area contributed by atoms with Crippen LogP contribution in [0.1, 0.15) is 38.5 Å². The fourth-order valence-corrected chi connectivity index (χ4v) is 2.51. The molecule has 1 unspecified atom stereocenters. The van der Waals surface area contributed by atoms with Crippen molar-refractivity contribution < 1.29 is 14.2 Å². The maximum atomic E-state index is 6.18. The van der Waals surface area contributed by atoms with Gasteiger partial charge in [-0.3, -0.25) is 0 Å². The molecule has 1 aliphatic rings. The van der Waals surface area contributed by atoms with E-state index in [0.29, 0.717) is 32.5 Å². The van der Waals surface area contributed by atoms with E-state index >= 15 is 0 Å². The van der Waals surface area contributed by atoms with Gasteiger partial charge in [0.15, 0.2) is 0 Å². The van der Waals surface area contributed by atoms with E-state index in [4.69, 9.17) is 19.9 Å². The zero-order valence-electron chi connectivity index (χ0n) is 11.7. The van der Waals surface area contributed by atoms with Crippen molar-refractivity contribution >= 4 is 0 Å². The molecule has 0 aromatic rings. The van der Waals surface area contributed by atoms with Gasteiger partial charge in [-0.25, -0.2) is 0 Å². The van der Waals surface area contributed by atoms with Gasteiger partial charge in [-0.05, 0) is 31.6 Å². The molecule has 4 heteroatoms. The summed E-state index contributed by atoms with van der Waals surface area (Å²) in [5.74, 6) is 0.766. The summed E-state index contributed by atoms with van der Waals surface area (Å²) in [5, 5.41) is 0. The lowest BCUT2D eigenvalue weighted by Gasteiger charge is -2.18. The number of nitrogens with two attached hydrogens (primary N) is 1. The summed E-state index contributed by atoms with van der Waals surface area (Å²) in [6.45, 7) is 3.41. The third-order valence-electron chi connectivity index (χ3n) is 3.64. The molecule has 0 aromatic carbocycles. The Hall–Kier alpha value is -0.160. The molecule has 1 saturated carbocycles. The molecule has 18 heavy (non-hydrogen) atoms. The van der Waals surface area contributed by atoms with Crippen LogP contribution in [-0.2, 0) is 14.2 Å². The summed E-state index contributed by atoms with van der Waals surface area (Å²) in [6, 6.07) is 0.383. The molecule has 0 bridgehead atoms. The predicted octanol–water partition coefficient (Wildman–Crippen LogP) is 1.96. The van der Waals surface area contributed by atoms with Crippen molar-refractivity contribution in [1.29, 1.82) is 0 Å². The van der Waals surface area contributed by atoms with Crippen LogP contribution in [0.4, 0.5) is 0 Å². The molecule has 1 aliphatic carbocycles. The van der Waals surface area contributed by atoms with Gasteiger partial charge in [0.05, 0.1) is 26.4 Å². The number of ether oxygens (including phenoxy) is 3. The van der Waals surface area contributed by atoms with Crippen LogP contribution in [0.25, 0.3) is 0 Å². The zero-order valence-corrected chi connectivity index (χ0v) is 11.7. The monoisotopic (exact) mass is 259 g/mol. The first-order valence-electron chi connectivity index (χ1n) is 7.24. The zero-order chi connectivity index (χ0) is 13.1. The molecule has 0 radical (unpaired) electrons. The second kappa shape index (κ2) is 10.7. The van der Waals surface area contributed by atoms with Crippen molar-refractivity contribution in [2.24, 2.45) is 11.7 Å². The van der Waals surface area contributed by atoms with Gasteiger partial charge in [0.25, 0.3) is 0 Å². The van der Waals surface area contributed by atoms with Crippen LogP contribution in [0, 0.1) is 5.92 Å². The van der Waals surface area contributed by atoms with Crippen molar-refractivity contribution in [1.82, 2.24) is 0 Å². The summed E-state index contributed by atoms with van der Waals surface area (Å²) in [4.78, 5) is 0. The highest BCUT2D eigenvalue weighted by Gasteiger charge is 2.21. The summed E-state index contributed by atoms with van der Waals surface area (Å²) in [7, 11) is 1.67. The highest BCUT2D eigenvalue weighted by Crippen LogP contribution is 2.28. The number of hydrogen-bond donors (Lipinski definition) is 1. The third kappa shape index (κ3) is 7.31. The predicted molar refractivity (Wildman–Crippen MR) is 72.7 cm³/mol. The summed E-state index contributed by atoms with van der Waals surface area (Å²) in [5.41, 5.74) is 6.18. The maximum Gasteiger partial charge on any atom is 0.0701 e. The molecule has 1 atom stereocenters. The molecule has 0 aromatic heterocycles. The van der Waals surface area contributed by atoms with E-state index in [2.05, 4.69) is 0 Å². The highest BCUT2D eigenvalue weighted by atomic mass is 16.5. The van der Waals surface area contributed by atoms with Crippen LogP contribution in [-0.4, -0.2) is 46.2 Å². The molecular weight excluding hydrogens is 230 g/mol. The second-order valence-corrected chi connectivity index (χ2v) is 5.07. The second-order valence-electron chi connectivity index (χ2n) is 5.07. The molecular formula is C14H29NO3. The minimum Gasteiger partial charge on any atom is -0.382 e. The van der Waals surface area contributed by atoms with Gasteiger partial charge >= 0.3 is 0 Å². The minimum atomic E-state index is 0.383. The van der Waals surface area contributed by atoms with Gasteiger partial charge in [0.2, 0.25) is 0 Å². The van der Waals surface area contributed by atoms with Crippen LogP contribution in [0.5, 0.6) is 0 Å². The van der Waals surface area contributed by atoms with Gasteiger partial charge in [0, 0.05) is 19.8 Å². The topological polar surface area (TPSA) is 53.7 Å². The summed E-state index contributed by atoms with van der Waals surface area (Å²) >= 11 is 0. The lowest BCUT2D eigenvalue weighted by Crippen LogP contribution is -2.28. The summed E-state index contributed by atoms with van der Waals surface area (Å²) in [6.07, 6.45) is 7.55. The molecule has 1 fully saturated rings. The van der Waals surface area contributed by atoms with E-state index in [1.165, 1.54) is 25.7 Å². The highest BCUT2D eigenvalue weighted by molar-refractivity contribution is 4.77. The molecule has 0 saturated heterocycles. The van der Waals surface area contributed by atoms with Crippen LogP contribution in [0.2, 0.25) is 0 Å². The Morgan fingerprint density at radius 2 is 1.61 bits per heavy atom. The maximum absolute atomic E-state index is 6.18. The Kier molecular flexibility index (Phi) is 9.48. The Morgan fingerprint density at radius 1 is 1.00 bits per heavy atom. The fraction of sp³-hybridized carbons (Fsp3) is 1.00. The van der Waals surface area contributed by atoms with Gasteiger partial charge in [-0.2, -0.15) is 0 Å². The van der Waals surface area contributed by atoms with Crippen LogP contribution in [0.15, 0.2) is 0 Å². The molecule has 0 amide bonds. The molecule has 0 spiro atoms. The van der Waals surface area contributed by atoms with Crippen LogP contribution < -0.4 is 5.73 Å². The SMILES string of the molecule is COCCOCCOCCCC(N)C1CCCC1. The van der Waals surface area contributed by atoms with Gasteiger partial charge in [0.1, 0.15) is 0 Å². The first-order valence-corrected chi connectivity index (χ1v) is 7.24. The van der Waals surface area contributed by atoms with Gasteiger partial charge < -0.3 is 19.9 Å². The molecule has 0 heterocycles. The average molecular weight is 259 g/mol. The van der Waals surface area contributed by atoms with Crippen molar-refractivity contribution in [3.63, 3.8) is 0 Å². The normalized spacial score (nSPS) is 18.3. The fourth-order valence-electron chi connectivity index (χ4n) is 2.51. The molecule has 108 valence electrons. The first-order chi connectivity index (χ1) is 8.84. The van der Waals surface area contributed by atoms with Gasteiger partial charge in [-0.1, -0.05) is 12.8 Å². The van der Waals surface area contributed by atoms with Crippen molar-refractivity contribution in [3.05, 3.63) is 0 Å². The lowest BCUT2D eigenvalue weighted by molar-refractivity contribution is 0.0236. The standard InChI is InChI=1S/C14H29NO3/c1-16-9-10-18-12-11-17-8-4-7-14(15)13-5-2-3-6-13/h13-14H,2-12,15H2,1H3. The van der Waals surface area contributed by atoms with E-state index in [0.717, 1.165) is 25.4 Å². The van der Waals surface area contributed by atoms with E-state index in [1.54, 1.807) is 7.11 Å². The number of rotatable bonds is 11. The number of hydrogen-bond acceptors (Lipinski definition) is 4. The van der Waals surface area contributed by atoms with E-state index in [9.17, 15) is 0 Å². The van der Waals surface area contributed by atoms with Gasteiger partial charge in [-0.15, -0.1) is 0 Å². The Bertz CT molecular complexity index is 184. The lowest BCUT2D eigenvalue weighted by atomic mass is 9.95.